The zero-order chi connectivity index (χ0) is 12.3. The van der Waals surface area contributed by atoms with E-state index < -0.39 is 0 Å². The smallest absolute Gasteiger partial charge is 0.140 e. The minimum atomic E-state index is 0.176. The minimum absolute atomic E-state index is 0.176. The molecule has 0 fully saturated rings. The standard InChI is InChI=1S/C12H21N3O/c1-9(12(2,3)4)6-10(16)7-11-13-8-14-15(11)5/h8-9H,6-7H2,1-5H3. The summed E-state index contributed by atoms with van der Waals surface area (Å²) in [6.07, 6.45) is 2.48. The molecule has 0 aliphatic heterocycles. The fourth-order valence-corrected chi connectivity index (χ4v) is 1.38. The summed E-state index contributed by atoms with van der Waals surface area (Å²) in [5.74, 6) is 1.36. The first kappa shape index (κ1) is 12.9. The molecular formula is C12H21N3O. The lowest BCUT2D eigenvalue weighted by molar-refractivity contribution is -0.120. The first-order valence-electron chi connectivity index (χ1n) is 5.65. The second kappa shape index (κ2) is 4.76. The number of ketones is 1. The average Bonchev–Trinajstić information content (AvgIpc) is 2.50. The Morgan fingerprint density at radius 3 is 2.56 bits per heavy atom. The molecule has 0 aliphatic rings. The molecule has 0 aliphatic carbocycles. The Labute approximate surface area is 97.1 Å². The Hall–Kier alpha value is -1.19. The van der Waals surface area contributed by atoms with Crippen LogP contribution in [0.3, 0.4) is 0 Å². The Morgan fingerprint density at radius 2 is 2.12 bits per heavy atom. The summed E-state index contributed by atoms with van der Waals surface area (Å²) in [4.78, 5) is 15.9. The topological polar surface area (TPSA) is 47.8 Å². The van der Waals surface area contributed by atoms with Crippen LogP contribution in [0.25, 0.3) is 0 Å². The Kier molecular flexibility index (Phi) is 3.83. The van der Waals surface area contributed by atoms with Gasteiger partial charge in [-0.05, 0) is 11.3 Å². The Bertz CT molecular complexity index is 363. The lowest BCUT2D eigenvalue weighted by Gasteiger charge is -2.26. The van der Waals surface area contributed by atoms with Crippen LogP contribution in [0.15, 0.2) is 6.33 Å². The predicted molar refractivity (Wildman–Crippen MR) is 63.0 cm³/mol. The quantitative estimate of drug-likeness (QED) is 0.784. The molecule has 1 heterocycles. The normalized spacial score (nSPS) is 13.8. The first-order chi connectivity index (χ1) is 7.30. The molecule has 0 radical (unpaired) electrons. The van der Waals surface area contributed by atoms with Gasteiger partial charge in [-0.3, -0.25) is 9.48 Å². The van der Waals surface area contributed by atoms with Gasteiger partial charge in [-0.2, -0.15) is 5.10 Å². The maximum absolute atomic E-state index is 11.8. The molecule has 0 N–H and O–H groups in total. The molecule has 4 heteroatoms. The summed E-state index contributed by atoms with van der Waals surface area (Å²) < 4.78 is 1.65. The summed E-state index contributed by atoms with van der Waals surface area (Å²) in [5, 5.41) is 3.95. The van der Waals surface area contributed by atoms with Crippen LogP contribution in [0, 0.1) is 11.3 Å². The molecule has 1 atom stereocenters. The maximum atomic E-state index is 11.8. The zero-order valence-electron chi connectivity index (χ0n) is 10.8. The number of Topliss-reactive ketones (excluding diaryl/α,β-unsaturated/α-hetero) is 1. The van der Waals surface area contributed by atoms with Gasteiger partial charge < -0.3 is 0 Å². The molecule has 4 nitrogen and oxygen atoms in total. The predicted octanol–water partition coefficient (Wildman–Crippen LogP) is 2.00. The lowest BCUT2D eigenvalue weighted by Crippen LogP contribution is -2.22. The third-order valence-electron chi connectivity index (χ3n) is 3.17. The zero-order valence-corrected chi connectivity index (χ0v) is 10.8. The molecule has 1 aromatic heterocycles. The van der Waals surface area contributed by atoms with Crippen LogP contribution in [0.2, 0.25) is 0 Å². The van der Waals surface area contributed by atoms with Crippen LogP contribution in [-0.2, 0) is 18.3 Å². The van der Waals surface area contributed by atoms with Crippen LogP contribution in [0.4, 0.5) is 0 Å². The number of carbonyl (C=O) groups is 1. The van der Waals surface area contributed by atoms with Crippen molar-refractivity contribution in [2.24, 2.45) is 18.4 Å². The highest BCUT2D eigenvalue weighted by atomic mass is 16.1. The van der Waals surface area contributed by atoms with Crippen molar-refractivity contribution in [1.29, 1.82) is 0 Å². The molecule has 0 saturated heterocycles. The van der Waals surface area contributed by atoms with Crippen molar-refractivity contribution in [2.75, 3.05) is 0 Å². The SMILES string of the molecule is CC(CC(=O)Cc1ncnn1C)C(C)(C)C. The van der Waals surface area contributed by atoms with Crippen molar-refractivity contribution in [3.63, 3.8) is 0 Å². The fourth-order valence-electron chi connectivity index (χ4n) is 1.38. The molecule has 1 unspecified atom stereocenters. The average molecular weight is 223 g/mol. The number of aryl methyl sites for hydroxylation is 1. The molecule has 0 amide bonds. The van der Waals surface area contributed by atoms with Crippen molar-refractivity contribution in [1.82, 2.24) is 14.8 Å². The Morgan fingerprint density at radius 1 is 1.50 bits per heavy atom. The minimum Gasteiger partial charge on any atom is -0.299 e. The number of hydrogen-bond donors (Lipinski definition) is 0. The van der Waals surface area contributed by atoms with E-state index in [9.17, 15) is 4.79 Å². The van der Waals surface area contributed by atoms with Crippen molar-refractivity contribution in [3.05, 3.63) is 12.2 Å². The summed E-state index contributed by atoms with van der Waals surface area (Å²) in [6, 6.07) is 0. The van der Waals surface area contributed by atoms with Crippen LogP contribution < -0.4 is 0 Å². The van der Waals surface area contributed by atoms with Crippen molar-refractivity contribution < 1.29 is 4.79 Å². The first-order valence-corrected chi connectivity index (χ1v) is 5.65. The van der Waals surface area contributed by atoms with Gasteiger partial charge >= 0.3 is 0 Å². The molecule has 1 aromatic rings. The van der Waals surface area contributed by atoms with Crippen molar-refractivity contribution >= 4 is 5.78 Å². The van der Waals surface area contributed by atoms with Gasteiger partial charge in [0.1, 0.15) is 17.9 Å². The maximum Gasteiger partial charge on any atom is 0.140 e. The number of nitrogens with zero attached hydrogens (tertiary/aromatic N) is 3. The van der Waals surface area contributed by atoms with E-state index in [0.717, 1.165) is 5.82 Å². The van der Waals surface area contributed by atoms with Gasteiger partial charge in [0.05, 0.1) is 6.42 Å². The van der Waals surface area contributed by atoms with Crippen molar-refractivity contribution in [3.8, 4) is 0 Å². The van der Waals surface area contributed by atoms with E-state index in [0.29, 0.717) is 18.8 Å². The number of hydrogen-bond acceptors (Lipinski definition) is 3. The van der Waals surface area contributed by atoms with Gasteiger partial charge in [-0.15, -0.1) is 0 Å². The molecule has 90 valence electrons. The molecule has 0 bridgehead atoms. The van der Waals surface area contributed by atoms with Gasteiger partial charge in [0.25, 0.3) is 0 Å². The summed E-state index contributed by atoms with van der Waals surface area (Å²) in [7, 11) is 1.81. The van der Waals surface area contributed by atoms with Gasteiger partial charge in [0.15, 0.2) is 0 Å². The van der Waals surface area contributed by atoms with E-state index in [4.69, 9.17) is 0 Å². The van der Waals surface area contributed by atoms with Crippen LogP contribution in [0.5, 0.6) is 0 Å². The second-order valence-electron chi connectivity index (χ2n) is 5.49. The third-order valence-corrected chi connectivity index (χ3v) is 3.17. The van der Waals surface area contributed by atoms with Gasteiger partial charge in [-0.1, -0.05) is 27.7 Å². The number of carbonyl (C=O) groups excluding carboxylic acids is 1. The van der Waals surface area contributed by atoms with Gasteiger partial charge in [0, 0.05) is 13.5 Å². The van der Waals surface area contributed by atoms with E-state index in [2.05, 4.69) is 37.8 Å². The number of rotatable bonds is 4. The summed E-state index contributed by atoms with van der Waals surface area (Å²) in [5.41, 5.74) is 0.176. The molecule has 1 rings (SSSR count). The van der Waals surface area contributed by atoms with E-state index in [-0.39, 0.29) is 11.2 Å². The van der Waals surface area contributed by atoms with Crippen LogP contribution >= 0.6 is 0 Å². The molecular weight excluding hydrogens is 202 g/mol. The highest BCUT2D eigenvalue weighted by Crippen LogP contribution is 2.28. The third kappa shape index (κ3) is 3.43. The van der Waals surface area contributed by atoms with Crippen molar-refractivity contribution in [2.45, 2.75) is 40.5 Å². The Balaban J connectivity index is 2.52. The molecule has 0 saturated carbocycles. The largest absolute Gasteiger partial charge is 0.299 e. The van der Waals surface area contributed by atoms with Crippen LogP contribution in [-0.4, -0.2) is 20.5 Å². The van der Waals surface area contributed by atoms with E-state index in [1.165, 1.54) is 6.33 Å². The van der Waals surface area contributed by atoms with E-state index in [1.807, 2.05) is 7.05 Å². The second-order valence-corrected chi connectivity index (χ2v) is 5.49. The summed E-state index contributed by atoms with van der Waals surface area (Å²) in [6.45, 7) is 8.60. The monoisotopic (exact) mass is 223 g/mol. The number of aromatic nitrogens is 3. The van der Waals surface area contributed by atoms with E-state index in [1.54, 1.807) is 4.68 Å². The molecule has 0 spiro atoms. The molecule has 0 aromatic carbocycles. The lowest BCUT2D eigenvalue weighted by atomic mass is 9.79. The fraction of sp³-hybridized carbons (Fsp3) is 0.750. The highest BCUT2D eigenvalue weighted by molar-refractivity contribution is 5.80. The van der Waals surface area contributed by atoms with Crippen LogP contribution in [0.1, 0.15) is 39.9 Å². The van der Waals surface area contributed by atoms with Gasteiger partial charge in [-0.25, -0.2) is 4.98 Å². The molecule has 16 heavy (non-hydrogen) atoms. The van der Waals surface area contributed by atoms with Gasteiger partial charge in [0.2, 0.25) is 0 Å². The highest BCUT2D eigenvalue weighted by Gasteiger charge is 2.23. The summed E-state index contributed by atoms with van der Waals surface area (Å²) >= 11 is 0. The van der Waals surface area contributed by atoms with E-state index >= 15 is 0 Å².